The number of aryl methyl sites for hydroxylation is 1. The van der Waals surface area contributed by atoms with Gasteiger partial charge in [-0.2, -0.15) is 0 Å². The highest BCUT2D eigenvalue weighted by atomic mass is 35.5. The van der Waals surface area contributed by atoms with Crippen LogP contribution in [-0.2, 0) is 7.05 Å². The summed E-state index contributed by atoms with van der Waals surface area (Å²) in [6.45, 7) is 0.642. The van der Waals surface area contributed by atoms with Gasteiger partial charge in [0.25, 0.3) is 0 Å². The molecule has 0 saturated heterocycles. The smallest absolute Gasteiger partial charge is 0.323 e. The van der Waals surface area contributed by atoms with Crippen molar-refractivity contribution in [2.75, 3.05) is 29.1 Å². The van der Waals surface area contributed by atoms with Gasteiger partial charge in [-0.15, -0.1) is 0 Å². The number of carbonyl (C=O) groups is 1. The Kier molecular flexibility index (Phi) is 6.48. The Balaban J connectivity index is 1.59. The highest BCUT2D eigenvalue weighted by molar-refractivity contribution is 6.33. The molecule has 0 aliphatic heterocycles. The number of halogens is 1. The lowest BCUT2D eigenvalue weighted by Gasteiger charge is -2.11. The van der Waals surface area contributed by atoms with E-state index in [9.17, 15) is 4.79 Å². The maximum atomic E-state index is 12.4. The average molecular weight is 452 g/mol. The van der Waals surface area contributed by atoms with Crippen LogP contribution in [0.4, 0.5) is 22.0 Å². The van der Waals surface area contributed by atoms with Gasteiger partial charge in [0.15, 0.2) is 17.3 Å². The summed E-state index contributed by atoms with van der Waals surface area (Å²) in [5, 5.41) is 18.3. The minimum atomic E-state index is -0.412. The molecule has 0 radical (unpaired) electrons. The zero-order valence-electron chi connectivity index (χ0n) is 17.3. The van der Waals surface area contributed by atoms with Crippen LogP contribution in [0.1, 0.15) is 6.42 Å². The fraction of sp³-hybridized carbons (Fsp3) is 0.182. The van der Waals surface area contributed by atoms with E-state index in [1.807, 2.05) is 23.7 Å². The van der Waals surface area contributed by atoms with Crippen LogP contribution in [0.5, 0.6) is 0 Å². The van der Waals surface area contributed by atoms with Crippen LogP contribution in [0, 0.1) is 0 Å². The summed E-state index contributed by atoms with van der Waals surface area (Å²) in [4.78, 5) is 26.1. The number of aromatic nitrogens is 4. The number of anilines is 3. The van der Waals surface area contributed by atoms with Crippen LogP contribution in [0.15, 0.2) is 54.9 Å². The Morgan fingerprint density at radius 2 is 1.97 bits per heavy atom. The van der Waals surface area contributed by atoms with E-state index in [2.05, 4.69) is 30.9 Å². The minimum absolute atomic E-state index is 0.0836. The summed E-state index contributed by atoms with van der Waals surface area (Å²) in [7, 11) is 1.86. The second-order valence-corrected chi connectivity index (χ2v) is 7.47. The lowest BCUT2D eigenvalue weighted by Crippen LogP contribution is -2.19. The number of imidazole rings is 1. The molecule has 2 aromatic heterocycles. The Labute approximate surface area is 189 Å². The number of benzene rings is 2. The molecule has 0 unspecified atom stereocenters. The Morgan fingerprint density at radius 3 is 2.78 bits per heavy atom. The van der Waals surface area contributed by atoms with Gasteiger partial charge >= 0.3 is 6.03 Å². The molecule has 0 aliphatic carbocycles. The van der Waals surface area contributed by atoms with Gasteiger partial charge in [0.2, 0.25) is 0 Å². The number of fused-ring (bicyclic) bond motifs is 1. The predicted octanol–water partition coefficient (Wildman–Crippen LogP) is 4.12. The summed E-state index contributed by atoms with van der Waals surface area (Å²) in [5.74, 6) is 1.08. The number of aliphatic hydroxyl groups is 1. The van der Waals surface area contributed by atoms with Crippen molar-refractivity contribution in [1.82, 2.24) is 19.5 Å². The monoisotopic (exact) mass is 451 g/mol. The first-order valence-electron chi connectivity index (χ1n) is 10.0. The first-order chi connectivity index (χ1) is 15.5. The van der Waals surface area contributed by atoms with E-state index in [1.54, 1.807) is 42.7 Å². The van der Waals surface area contributed by atoms with E-state index in [4.69, 9.17) is 16.7 Å². The highest BCUT2D eigenvalue weighted by Crippen LogP contribution is 2.26. The quantitative estimate of drug-likeness (QED) is 0.314. The van der Waals surface area contributed by atoms with E-state index in [0.29, 0.717) is 52.2 Å². The molecule has 4 rings (SSSR count). The molecule has 0 saturated carbocycles. The molecule has 0 atom stereocenters. The highest BCUT2D eigenvalue weighted by Gasteiger charge is 2.14. The number of rotatable bonds is 7. The van der Waals surface area contributed by atoms with Crippen molar-refractivity contribution in [3.8, 4) is 11.4 Å². The minimum Gasteiger partial charge on any atom is -0.396 e. The van der Waals surface area contributed by atoms with Crippen LogP contribution in [0.25, 0.3) is 22.6 Å². The van der Waals surface area contributed by atoms with Crippen LogP contribution >= 0.6 is 11.6 Å². The standard InChI is InChI=1S/C22H22ClN7O2/c1-30-13-25-18-20(24-10-5-11-31)28-19(29-21(18)30)14-6-4-7-15(12-14)26-22(32)27-17-9-3-2-8-16(17)23/h2-4,6-9,12-13,31H,5,10-11H2,1H3,(H,24,28,29)(H2,26,27,32). The summed E-state index contributed by atoms with van der Waals surface area (Å²) < 4.78 is 1.82. The van der Waals surface area contributed by atoms with Crippen molar-refractivity contribution in [2.45, 2.75) is 6.42 Å². The molecule has 0 bridgehead atoms. The Hall–Kier alpha value is -3.69. The van der Waals surface area contributed by atoms with Crippen molar-refractivity contribution in [1.29, 1.82) is 0 Å². The van der Waals surface area contributed by atoms with Crippen molar-refractivity contribution in [3.63, 3.8) is 0 Å². The molecule has 9 nitrogen and oxygen atoms in total. The molecule has 0 aliphatic rings. The van der Waals surface area contributed by atoms with E-state index in [1.165, 1.54) is 0 Å². The fourth-order valence-electron chi connectivity index (χ4n) is 3.13. The third-order valence-electron chi connectivity index (χ3n) is 4.69. The Bertz CT molecular complexity index is 1260. The van der Waals surface area contributed by atoms with Crippen molar-refractivity contribution in [2.24, 2.45) is 7.05 Å². The maximum absolute atomic E-state index is 12.4. The number of hydrogen-bond acceptors (Lipinski definition) is 6. The molecule has 2 aromatic carbocycles. The molecular formula is C22H22ClN7O2. The molecule has 164 valence electrons. The molecule has 2 amide bonds. The third-order valence-corrected chi connectivity index (χ3v) is 5.02. The number of hydrogen-bond donors (Lipinski definition) is 4. The lowest BCUT2D eigenvalue weighted by atomic mass is 10.2. The molecule has 10 heteroatoms. The van der Waals surface area contributed by atoms with Crippen LogP contribution < -0.4 is 16.0 Å². The number of nitrogens with one attached hydrogen (secondary N) is 3. The van der Waals surface area contributed by atoms with Gasteiger partial charge in [-0.05, 0) is 30.7 Å². The van der Waals surface area contributed by atoms with Gasteiger partial charge < -0.3 is 25.6 Å². The molecule has 0 fully saturated rings. The summed E-state index contributed by atoms with van der Waals surface area (Å²) in [6, 6.07) is 13.9. The zero-order valence-corrected chi connectivity index (χ0v) is 18.1. The molecule has 4 N–H and O–H groups in total. The lowest BCUT2D eigenvalue weighted by molar-refractivity contribution is 0.262. The van der Waals surface area contributed by atoms with E-state index < -0.39 is 6.03 Å². The maximum Gasteiger partial charge on any atom is 0.323 e. The van der Waals surface area contributed by atoms with Gasteiger partial charge in [-0.25, -0.2) is 19.7 Å². The van der Waals surface area contributed by atoms with Gasteiger partial charge in [0.05, 0.1) is 17.0 Å². The molecule has 4 aromatic rings. The largest absolute Gasteiger partial charge is 0.396 e. The molecule has 2 heterocycles. The van der Waals surface area contributed by atoms with Crippen molar-refractivity contribution < 1.29 is 9.90 Å². The fourth-order valence-corrected chi connectivity index (χ4v) is 3.31. The Morgan fingerprint density at radius 1 is 1.12 bits per heavy atom. The number of nitrogens with zero attached hydrogens (tertiary/aromatic N) is 4. The summed E-state index contributed by atoms with van der Waals surface area (Å²) >= 11 is 6.10. The zero-order chi connectivity index (χ0) is 22.5. The predicted molar refractivity (Wildman–Crippen MR) is 126 cm³/mol. The van der Waals surface area contributed by atoms with Gasteiger partial charge in [0, 0.05) is 31.5 Å². The van der Waals surface area contributed by atoms with Crippen LogP contribution in [0.3, 0.4) is 0 Å². The molecule has 32 heavy (non-hydrogen) atoms. The third kappa shape index (κ3) is 4.79. The van der Waals surface area contributed by atoms with Gasteiger partial charge in [-0.1, -0.05) is 35.9 Å². The first kappa shape index (κ1) is 21.5. The van der Waals surface area contributed by atoms with E-state index >= 15 is 0 Å². The van der Waals surface area contributed by atoms with Gasteiger partial charge in [0.1, 0.15) is 5.52 Å². The summed E-state index contributed by atoms with van der Waals surface area (Å²) in [5.41, 5.74) is 3.16. The normalized spacial score (nSPS) is 10.8. The average Bonchev–Trinajstić information content (AvgIpc) is 3.16. The van der Waals surface area contributed by atoms with Crippen LogP contribution in [0.2, 0.25) is 5.02 Å². The second-order valence-electron chi connectivity index (χ2n) is 7.07. The van der Waals surface area contributed by atoms with Crippen LogP contribution in [-0.4, -0.2) is 43.8 Å². The first-order valence-corrected chi connectivity index (χ1v) is 10.4. The number of para-hydroxylation sites is 1. The number of amides is 2. The topological polar surface area (TPSA) is 117 Å². The SMILES string of the molecule is Cn1cnc2c(NCCCO)nc(-c3cccc(NC(=O)Nc4ccccc4Cl)c3)nc21. The molecular weight excluding hydrogens is 430 g/mol. The van der Waals surface area contributed by atoms with Crippen molar-refractivity contribution in [3.05, 3.63) is 59.9 Å². The number of urea groups is 1. The molecule has 0 spiro atoms. The van der Waals surface area contributed by atoms with Crippen molar-refractivity contribution >= 4 is 46.0 Å². The number of aliphatic hydroxyl groups excluding tert-OH is 1. The van der Waals surface area contributed by atoms with Gasteiger partial charge in [-0.3, -0.25) is 0 Å². The van der Waals surface area contributed by atoms with E-state index in [0.717, 1.165) is 5.56 Å². The number of carbonyl (C=O) groups excluding carboxylic acids is 1. The van der Waals surface area contributed by atoms with E-state index in [-0.39, 0.29) is 6.61 Å². The second kappa shape index (κ2) is 9.63. The summed E-state index contributed by atoms with van der Waals surface area (Å²) in [6.07, 6.45) is 2.27.